The predicted octanol–water partition coefficient (Wildman–Crippen LogP) is -5.40. The van der Waals surface area contributed by atoms with Crippen molar-refractivity contribution in [2.75, 3.05) is 13.2 Å². The Morgan fingerprint density at radius 2 is 1.26 bits per heavy atom. The van der Waals surface area contributed by atoms with Crippen LogP contribution in [0, 0.1) is 0 Å². The van der Waals surface area contributed by atoms with Crippen LogP contribution in [0.4, 0.5) is 0 Å². The van der Waals surface area contributed by atoms with Gasteiger partial charge in [-0.25, -0.2) is 0 Å². The Kier molecular flexibility index (Phi) is 6.27. The lowest BCUT2D eigenvalue weighted by Gasteiger charge is -2.45. The molecule has 0 aromatic heterocycles. The Bertz CT molecular complexity index is 378. The van der Waals surface area contributed by atoms with Gasteiger partial charge >= 0.3 is 0 Å². The zero-order valence-electron chi connectivity index (χ0n) is 12.0. The Morgan fingerprint density at radius 3 is 1.83 bits per heavy atom. The molecule has 0 aromatic rings. The van der Waals surface area contributed by atoms with Gasteiger partial charge in [0.15, 0.2) is 12.6 Å². The van der Waals surface area contributed by atoms with Gasteiger partial charge in [-0.05, 0) is 0 Å². The molecule has 0 spiro atoms. The van der Waals surface area contributed by atoms with Crippen LogP contribution in [0.25, 0.3) is 0 Å². The lowest BCUT2D eigenvalue weighted by molar-refractivity contribution is -0.355. The zero-order valence-corrected chi connectivity index (χ0v) is 12.0. The summed E-state index contributed by atoms with van der Waals surface area (Å²) in [5.41, 5.74) is 0. The zero-order chi connectivity index (χ0) is 17.3. The molecule has 0 aliphatic carbocycles. The van der Waals surface area contributed by atoms with E-state index in [1.807, 2.05) is 0 Å². The van der Waals surface area contributed by atoms with Crippen molar-refractivity contribution in [2.45, 2.75) is 61.4 Å². The highest BCUT2D eigenvalue weighted by Gasteiger charge is 2.50. The van der Waals surface area contributed by atoms with Gasteiger partial charge in [-0.1, -0.05) is 0 Å². The number of hydrogen-bond donors (Lipinski definition) is 8. The summed E-state index contributed by atoms with van der Waals surface area (Å²) in [6, 6.07) is 0. The average molecular weight is 342 g/mol. The average Bonchev–Trinajstić information content (AvgIpc) is 2.55. The summed E-state index contributed by atoms with van der Waals surface area (Å²) >= 11 is 0. The number of hydrogen-bond acceptors (Lipinski definition) is 11. The first-order chi connectivity index (χ1) is 10.8. The van der Waals surface area contributed by atoms with E-state index < -0.39 is 74.6 Å². The topological polar surface area (TPSA) is 190 Å². The second kappa shape index (κ2) is 7.63. The third kappa shape index (κ3) is 3.65. The second-order valence-electron chi connectivity index (χ2n) is 5.53. The molecule has 8 N–H and O–H groups in total. The summed E-state index contributed by atoms with van der Waals surface area (Å²) in [6.45, 7) is -1.35. The first-order valence-electron chi connectivity index (χ1n) is 7.08. The fraction of sp³-hybridized carbons (Fsp3) is 1.00. The molecule has 23 heavy (non-hydrogen) atoms. The largest absolute Gasteiger partial charge is 0.394 e. The molecular formula is C12H22O11. The van der Waals surface area contributed by atoms with Crippen molar-refractivity contribution in [3.63, 3.8) is 0 Å². The molecule has 10 atom stereocenters. The van der Waals surface area contributed by atoms with Crippen molar-refractivity contribution in [1.82, 2.24) is 0 Å². The van der Waals surface area contributed by atoms with E-state index in [1.54, 1.807) is 0 Å². The SMILES string of the molecule is OC[C@@H]1O[C@H](O[C@H]2[C@@H](O)[C@@H](O)[C@H](O)O[C@@H]2CO)[C@H](O)[C@H](O)[C@@H]1O. The summed E-state index contributed by atoms with van der Waals surface area (Å²) in [4.78, 5) is 0. The maximum Gasteiger partial charge on any atom is 0.187 e. The summed E-state index contributed by atoms with van der Waals surface area (Å²) in [5, 5.41) is 76.5. The molecule has 136 valence electrons. The van der Waals surface area contributed by atoms with Gasteiger partial charge < -0.3 is 55.1 Å². The van der Waals surface area contributed by atoms with Crippen LogP contribution in [-0.2, 0) is 14.2 Å². The fourth-order valence-electron chi connectivity index (χ4n) is 2.57. The second-order valence-corrected chi connectivity index (χ2v) is 5.53. The van der Waals surface area contributed by atoms with E-state index >= 15 is 0 Å². The highest BCUT2D eigenvalue weighted by Crippen LogP contribution is 2.28. The van der Waals surface area contributed by atoms with Crippen LogP contribution in [0.3, 0.4) is 0 Å². The van der Waals surface area contributed by atoms with Crippen molar-refractivity contribution in [2.24, 2.45) is 0 Å². The van der Waals surface area contributed by atoms with Crippen molar-refractivity contribution in [3.8, 4) is 0 Å². The fourth-order valence-corrected chi connectivity index (χ4v) is 2.57. The Hall–Kier alpha value is -0.440. The molecule has 2 aliphatic rings. The van der Waals surface area contributed by atoms with Crippen LogP contribution in [0.1, 0.15) is 0 Å². The molecule has 2 rings (SSSR count). The molecule has 0 aromatic carbocycles. The molecule has 11 heteroatoms. The van der Waals surface area contributed by atoms with E-state index in [0.717, 1.165) is 0 Å². The van der Waals surface area contributed by atoms with Crippen molar-refractivity contribution in [3.05, 3.63) is 0 Å². The van der Waals surface area contributed by atoms with E-state index in [2.05, 4.69) is 0 Å². The van der Waals surface area contributed by atoms with Crippen molar-refractivity contribution >= 4 is 0 Å². The van der Waals surface area contributed by atoms with Crippen molar-refractivity contribution in [1.29, 1.82) is 0 Å². The third-order valence-corrected chi connectivity index (χ3v) is 3.98. The molecule has 0 bridgehead atoms. The summed E-state index contributed by atoms with van der Waals surface area (Å²) in [7, 11) is 0. The smallest absolute Gasteiger partial charge is 0.187 e. The molecule has 0 unspecified atom stereocenters. The molecule has 2 aliphatic heterocycles. The molecular weight excluding hydrogens is 320 g/mol. The Morgan fingerprint density at radius 1 is 0.652 bits per heavy atom. The number of ether oxygens (including phenoxy) is 3. The van der Waals surface area contributed by atoms with Crippen LogP contribution >= 0.6 is 0 Å². The minimum Gasteiger partial charge on any atom is -0.394 e. The maximum absolute atomic E-state index is 9.94. The van der Waals surface area contributed by atoms with Gasteiger partial charge in [0.25, 0.3) is 0 Å². The molecule has 0 saturated carbocycles. The van der Waals surface area contributed by atoms with Gasteiger partial charge in [-0.2, -0.15) is 0 Å². The van der Waals surface area contributed by atoms with Crippen LogP contribution in [-0.4, -0.2) is 115 Å². The first-order valence-corrected chi connectivity index (χ1v) is 7.08. The molecule has 2 fully saturated rings. The van der Waals surface area contributed by atoms with E-state index in [9.17, 15) is 35.7 Å². The van der Waals surface area contributed by atoms with Crippen LogP contribution in [0.2, 0.25) is 0 Å². The van der Waals surface area contributed by atoms with Gasteiger partial charge in [-0.3, -0.25) is 0 Å². The van der Waals surface area contributed by atoms with Gasteiger partial charge in [0.1, 0.15) is 48.8 Å². The minimum absolute atomic E-state index is 0.667. The van der Waals surface area contributed by atoms with E-state index in [1.165, 1.54) is 0 Å². The highest BCUT2D eigenvalue weighted by atomic mass is 16.7. The van der Waals surface area contributed by atoms with Gasteiger partial charge in [0.2, 0.25) is 0 Å². The van der Waals surface area contributed by atoms with E-state index in [-0.39, 0.29) is 0 Å². The van der Waals surface area contributed by atoms with Gasteiger partial charge in [0.05, 0.1) is 13.2 Å². The summed E-state index contributed by atoms with van der Waals surface area (Å²) < 4.78 is 15.3. The van der Waals surface area contributed by atoms with E-state index in [0.29, 0.717) is 0 Å². The van der Waals surface area contributed by atoms with Crippen LogP contribution < -0.4 is 0 Å². The standard InChI is InChI=1S/C12H22O11/c13-1-3-5(15)6(16)9(19)12(22-3)23-10-4(2-14)21-11(20)8(18)7(10)17/h3-20H,1-2H2/t3-,4+,5+,6+,7-,8+,9+,10+,11+,12+/m0/s1. The van der Waals surface area contributed by atoms with E-state index in [4.69, 9.17) is 19.3 Å². The van der Waals surface area contributed by atoms with Gasteiger partial charge in [0, 0.05) is 0 Å². The quantitative estimate of drug-likeness (QED) is 0.243. The summed E-state index contributed by atoms with van der Waals surface area (Å²) in [6.07, 6.45) is -15.6. The maximum atomic E-state index is 9.94. The number of aliphatic hydroxyl groups is 8. The first kappa shape index (κ1) is 18.9. The third-order valence-electron chi connectivity index (χ3n) is 3.98. The molecule has 2 heterocycles. The molecule has 0 amide bonds. The van der Waals surface area contributed by atoms with Crippen LogP contribution in [0.5, 0.6) is 0 Å². The van der Waals surface area contributed by atoms with Crippen LogP contribution in [0.15, 0.2) is 0 Å². The summed E-state index contributed by atoms with van der Waals surface area (Å²) in [5.74, 6) is 0. The lowest BCUT2D eigenvalue weighted by atomic mass is 9.97. The number of aliphatic hydroxyl groups excluding tert-OH is 8. The Labute approximate surface area is 130 Å². The monoisotopic (exact) mass is 342 g/mol. The highest BCUT2D eigenvalue weighted by molar-refractivity contribution is 4.93. The molecule has 0 radical (unpaired) electrons. The predicted molar refractivity (Wildman–Crippen MR) is 68.6 cm³/mol. The normalized spacial score (nSPS) is 51.7. The molecule has 2 saturated heterocycles. The number of rotatable bonds is 4. The lowest BCUT2D eigenvalue weighted by Crippen LogP contribution is -2.64. The Balaban J connectivity index is 2.11. The minimum atomic E-state index is -1.74. The molecule has 11 nitrogen and oxygen atoms in total. The van der Waals surface area contributed by atoms with Crippen molar-refractivity contribution < 1.29 is 55.1 Å². The van der Waals surface area contributed by atoms with Gasteiger partial charge in [-0.15, -0.1) is 0 Å².